The highest BCUT2D eigenvalue weighted by Crippen LogP contribution is 2.09. The second kappa shape index (κ2) is 18.8. The Morgan fingerprint density at radius 1 is 0.773 bits per heavy atom. The van der Waals surface area contributed by atoms with E-state index >= 15 is 0 Å². The number of esters is 1. The fourth-order valence-electron chi connectivity index (χ4n) is 2.25. The molecule has 22 heavy (non-hydrogen) atoms. The minimum Gasteiger partial charge on any atom is -0.466 e. The van der Waals surface area contributed by atoms with Crippen LogP contribution in [0.15, 0.2) is 0 Å². The van der Waals surface area contributed by atoms with E-state index in [0.29, 0.717) is 13.0 Å². The molecule has 0 N–H and O–H groups in total. The quantitative estimate of drug-likeness (QED) is 0.226. The maximum atomic E-state index is 11.4. The van der Waals surface area contributed by atoms with Gasteiger partial charge in [0.15, 0.2) is 0 Å². The van der Waals surface area contributed by atoms with Gasteiger partial charge in [-0.2, -0.15) is 12.6 Å². The molecule has 0 unspecified atom stereocenters. The first-order valence-corrected chi connectivity index (χ1v) is 9.78. The van der Waals surface area contributed by atoms with E-state index in [9.17, 15) is 4.79 Å². The second-order valence-corrected chi connectivity index (χ2v) is 6.29. The SMILES string of the molecule is CCCOCCCCCCCCCCOC(=O)CCCCS. The number of rotatable bonds is 17. The maximum absolute atomic E-state index is 11.4. The summed E-state index contributed by atoms with van der Waals surface area (Å²) in [5.41, 5.74) is 0. The lowest BCUT2D eigenvalue weighted by Gasteiger charge is -2.05. The van der Waals surface area contributed by atoms with Crippen molar-refractivity contribution in [2.24, 2.45) is 0 Å². The number of ether oxygens (including phenoxy) is 2. The van der Waals surface area contributed by atoms with Gasteiger partial charge >= 0.3 is 5.97 Å². The molecule has 0 heterocycles. The van der Waals surface area contributed by atoms with Gasteiger partial charge in [0.1, 0.15) is 0 Å². The number of thiol groups is 1. The van der Waals surface area contributed by atoms with E-state index in [1.165, 1.54) is 44.9 Å². The number of carbonyl (C=O) groups is 1. The van der Waals surface area contributed by atoms with Crippen molar-refractivity contribution in [3.63, 3.8) is 0 Å². The summed E-state index contributed by atoms with van der Waals surface area (Å²) in [6, 6.07) is 0. The summed E-state index contributed by atoms with van der Waals surface area (Å²) in [5, 5.41) is 0. The average Bonchev–Trinajstić information content (AvgIpc) is 2.52. The van der Waals surface area contributed by atoms with E-state index in [0.717, 1.165) is 44.6 Å². The van der Waals surface area contributed by atoms with E-state index in [4.69, 9.17) is 9.47 Å². The van der Waals surface area contributed by atoms with Gasteiger partial charge in [-0.25, -0.2) is 0 Å². The van der Waals surface area contributed by atoms with Crippen LogP contribution in [0.2, 0.25) is 0 Å². The summed E-state index contributed by atoms with van der Waals surface area (Å²) < 4.78 is 10.7. The minimum atomic E-state index is -0.0490. The molecular formula is C18H36O3S. The third-order valence-electron chi connectivity index (χ3n) is 3.58. The molecule has 3 nitrogen and oxygen atoms in total. The smallest absolute Gasteiger partial charge is 0.305 e. The van der Waals surface area contributed by atoms with Gasteiger partial charge in [-0.3, -0.25) is 4.79 Å². The lowest BCUT2D eigenvalue weighted by Crippen LogP contribution is -2.05. The van der Waals surface area contributed by atoms with Crippen molar-refractivity contribution in [3.8, 4) is 0 Å². The summed E-state index contributed by atoms with van der Waals surface area (Å²) in [4.78, 5) is 11.4. The molecule has 4 heteroatoms. The Kier molecular flexibility index (Phi) is 18.6. The van der Waals surface area contributed by atoms with E-state index in [1.54, 1.807) is 0 Å². The highest BCUT2D eigenvalue weighted by atomic mass is 32.1. The van der Waals surface area contributed by atoms with Crippen molar-refractivity contribution in [2.75, 3.05) is 25.6 Å². The Morgan fingerprint density at radius 3 is 1.95 bits per heavy atom. The van der Waals surface area contributed by atoms with Gasteiger partial charge in [0.05, 0.1) is 6.61 Å². The number of carbonyl (C=O) groups excluding carboxylic acids is 1. The fraction of sp³-hybridized carbons (Fsp3) is 0.944. The molecule has 0 aromatic heterocycles. The monoisotopic (exact) mass is 332 g/mol. The number of unbranched alkanes of at least 4 members (excludes halogenated alkanes) is 8. The Balaban J connectivity index is 3.06. The average molecular weight is 333 g/mol. The number of hydrogen-bond donors (Lipinski definition) is 1. The van der Waals surface area contributed by atoms with Gasteiger partial charge in [0.2, 0.25) is 0 Å². The molecule has 0 aromatic rings. The highest BCUT2D eigenvalue weighted by Gasteiger charge is 2.01. The van der Waals surface area contributed by atoms with Crippen LogP contribution in [-0.2, 0) is 14.3 Å². The first-order chi connectivity index (χ1) is 10.8. The van der Waals surface area contributed by atoms with Gasteiger partial charge in [-0.05, 0) is 37.9 Å². The summed E-state index contributed by atoms with van der Waals surface area (Å²) in [6.07, 6.45) is 13.4. The van der Waals surface area contributed by atoms with E-state index in [2.05, 4.69) is 19.6 Å². The molecule has 0 aliphatic carbocycles. The molecule has 0 fully saturated rings. The zero-order valence-electron chi connectivity index (χ0n) is 14.5. The Morgan fingerprint density at radius 2 is 1.36 bits per heavy atom. The van der Waals surface area contributed by atoms with E-state index < -0.39 is 0 Å². The topological polar surface area (TPSA) is 35.5 Å². The van der Waals surface area contributed by atoms with Crippen LogP contribution >= 0.6 is 12.6 Å². The fourth-order valence-corrected chi connectivity index (χ4v) is 2.48. The lowest BCUT2D eigenvalue weighted by atomic mass is 10.1. The molecule has 0 aromatic carbocycles. The largest absolute Gasteiger partial charge is 0.466 e. The maximum Gasteiger partial charge on any atom is 0.305 e. The molecule has 0 spiro atoms. The standard InChI is InChI=1S/C18H36O3S/c1-2-14-20-15-10-7-5-3-4-6-8-11-16-21-18(19)13-9-12-17-22/h22H,2-17H2,1H3. The van der Waals surface area contributed by atoms with Crippen LogP contribution in [0.5, 0.6) is 0 Å². The molecule has 0 amide bonds. The van der Waals surface area contributed by atoms with Crippen molar-refractivity contribution in [1.82, 2.24) is 0 Å². The molecule has 0 aliphatic rings. The molecule has 0 atom stereocenters. The van der Waals surface area contributed by atoms with Crippen LogP contribution in [0.4, 0.5) is 0 Å². The highest BCUT2D eigenvalue weighted by molar-refractivity contribution is 7.80. The summed E-state index contributed by atoms with van der Waals surface area (Å²) in [6.45, 7) is 4.56. The molecule has 0 aliphatic heterocycles. The Hall–Kier alpha value is -0.220. The number of hydrogen-bond acceptors (Lipinski definition) is 4. The van der Waals surface area contributed by atoms with Gasteiger partial charge in [-0.1, -0.05) is 45.4 Å². The van der Waals surface area contributed by atoms with Crippen molar-refractivity contribution in [2.45, 2.75) is 84.0 Å². The van der Waals surface area contributed by atoms with Gasteiger partial charge < -0.3 is 9.47 Å². The van der Waals surface area contributed by atoms with Gasteiger partial charge in [0, 0.05) is 19.6 Å². The van der Waals surface area contributed by atoms with Crippen molar-refractivity contribution in [1.29, 1.82) is 0 Å². The normalized spacial score (nSPS) is 10.8. The van der Waals surface area contributed by atoms with Crippen LogP contribution in [0, 0.1) is 0 Å². The van der Waals surface area contributed by atoms with E-state index in [-0.39, 0.29) is 5.97 Å². The second-order valence-electron chi connectivity index (χ2n) is 5.84. The third-order valence-corrected chi connectivity index (χ3v) is 3.90. The Labute approximate surface area is 142 Å². The lowest BCUT2D eigenvalue weighted by molar-refractivity contribution is -0.143. The molecular weight excluding hydrogens is 296 g/mol. The van der Waals surface area contributed by atoms with Gasteiger partial charge in [0.25, 0.3) is 0 Å². The minimum absolute atomic E-state index is 0.0490. The predicted octanol–water partition coefficient (Wildman–Crippen LogP) is 5.18. The van der Waals surface area contributed by atoms with Crippen LogP contribution in [-0.4, -0.2) is 31.5 Å². The predicted molar refractivity (Wildman–Crippen MR) is 96.7 cm³/mol. The molecule has 0 radical (unpaired) electrons. The zero-order valence-corrected chi connectivity index (χ0v) is 15.4. The first kappa shape index (κ1) is 21.8. The zero-order chi connectivity index (χ0) is 16.3. The van der Waals surface area contributed by atoms with Crippen LogP contribution in [0.1, 0.15) is 84.0 Å². The summed E-state index contributed by atoms with van der Waals surface area (Å²) in [7, 11) is 0. The van der Waals surface area contributed by atoms with Crippen molar-refractivity contribution in [3.05, 3.63) is 0 Å². The van der Waals surface area contributed by atoms with E-state index in [1.807, 2.05) is 0 Å². The van der Waals surface area contributed by atoms with Crippen molar-refractivity contribution >= 4 is 18.6 Å². The molecule has 132 valence electrons. The molecule has 0 bridgehead atoms. The molecule has 0 saturated heterocycles. The third kappa shape index (κ3) is 17.8. The Bertz CT molecular complexity index is 234. The summed E-state index contributed by atoms with van der Waals surface area (Å²) in [5.74, 6) is 0.797. The first-order valence-electron chi connectivity index (χ1n) is 9.15. The summed E-state index contributed by atoms with van der Waals surface area (Å²) >= 11 is 4.12. The van der Waals surface area contributed by atoms with Crippen LogP contribution in [0.3, 0.4) is 0 Å². The molecule has 0 rings (SSSR count). The van der Waals surface area contributed by atoms with Crippen LogP contribution < -0.4 is 0 Å². The van der Waals surface area contributed by atoms with Crippen LogP contribution in [0.25, 0.3) is 0 Å². The molecule has 0 saturated carbocycles. The van der Waals surface area contributed by atoms with Crippen molar-refractivity contribution < 1.29 is 14.3 Å². The van der Waals surface area contributed by atoms with Gasteiger partial charge in [-0.15, -0.1) is 0 Å².